The molecule has 72 valence electrons. The molecule has 0 aromatic heterocycles. The van der Waals surface area contributed by atoms with E-state index < -0.39 is 30.7 Å². The summed E-state index contributed by atoms with van der Waals surface area (Å²) in [5, 5.41) is 27.6. The minimum atomic E-state index is -1.34. The molecule has 0 bridgehead atoms. The Balaban J connectivity index is 2.65. The van der Waals surface area contributed by atoms with E-state index in [1.165, 1.54) is 0 Å². The van der Waals surface area contributed by atoms with Gasteiger partial charge in [0.25, 0.3) is 0 Å². The van der Waals surface area contributed by atoms with Gasteiger partial charge in [-0.25, -0.2) is 0 Å². The van der Waals surface area contributed by atoms with Crippen LogP contribution in [0.5, 0.6) is 0 Å². The first-order valence-electron chi connectivity index (χ1n) is 3.55. The van der Waals surface area contributed by atoms with Gasteiger partial charge >= 0.3 is 0 Å². The number of aliphatic hydroxyl groups excluding tert-OH is 3. The fourth-order valence-electron chi connectivity index (χ4n) is 1.14. The molecule has 6 heteroatoms. The molecule has 0 spiro atoms. The van der Waals surface area contributed by atoms with Crippen LogP contribution in [0.15, 0.2) is 0 Å². The molecule has 1 aliphatic heterocycles. The molecule has 1 rings (SSSR count). The minimum Gasteiger partial charge on any atom is -0.387 e. The molecule has 5 nitrogen and oxygen atoms in total. The van der Waals surface area contributed by atoms with Gasteiger partial charge in [0.05, 0.1) is 6.10 Å². The lowest BCUT2D eigenvalue weighted by atomic mass is 10.0. The monoisotopic (exact) mass is 290 g/mol. The average Bonchev–Trinajstić information content (AvgIpc) is 2.01. The molecule has 0 aromatic rings. The number of hydrogen-bond acceptors (Lipinski definition) is 5. The Morgan fingerprint density at radius 2 is 1.83 bits per heavy atom. The highest BCUT2D eigenvalue weighted by Gasteiger charge is 2.42. The van der Waals surface area contributed by atoms with E-state index in [1.54, 1.807) is 29.9 Å². The van der Waals surface area contributed by atoms with Crippen molar-refractivity contribution in [1.29, 1.82) is 0 Å². The summed E-state index contributed by atoms with van der Waals surface area (Å²) < 4.78 is 9.75. The van der Waals surface area contributed by atoms with Crippen LogP contribution in [-0.4, -0.2) is 46.0 Å². The zero-order valence-electron chi connectivity index (χ0n) is 6.42. The molecule has 0 aliphatic carbocycles. The topological polar surface area (TPSA) is 79.2 Å². The van der Waals surface area contributed by atoms with Gasteiger partial charge in [0.1, 0.15) is 41.3 Å². The van der Waals surface area contributed by atoms with Crippen LogP contribution in [0, 0.1) is 0 Å². The van der Waals surface area contributed by atoms with Gasteiger partial charge in [0.2, 0.25) is 0 Å². The van der Waals surface area contributed by atoms with Gasteiger partial charge < -0.3 is 23.1 Å². The van der Waals surface area contributed by atoms with Crippen molar-refractivity contribution in [2.24, 2.45) is 0 Å². The Hall–Kier alpha value is 0.530. The highest BCUT2D eigenvalue weighted by molar-refractivity contribution is 14.1. The van der Waals surface area contributed by atoms with Crippen molar-refractivity contribution in [3.05, 3.63) is 0 Å². The Morgan fingerprint density at radius 3 is 2.33 bits per heavy atom. The van der Waals surface area contributed by atoms with Crippen LogP contribution in [0.2, 0.25) is 0 Å². The van der Waals surface area contributed by atoms with Gasteiger partial charge in [0.15, 0.2) is 6.29 Å². The van der Waals surface area contributed by atoms with Crippen molar-refractivity contribution >= 4 is 23.0 Å². The summed E-state index contributed by atoms with van der Waals surface area (Å²) >= 11 is 1.62. The van der Waals surface area contributed by atoms with E-state index in [0.717, 1.165) is 0 Å². The predicted octanol–water partition coefficient (Wildman–Crippen LogP) is -0.820. The molecule has 5 atom stereocenters. The van der Waals surface area contributed by atoms with E-state index in [9.17, 15) is 5.11 Å². The summed E-state index contributed by atoms with van der Waals surface area (Å²) in [6, 6.07) is 0. The highest BCUT2D eigenvalue weighted by atomic mass is 127. The second kappa shape index (κ2) is 4.16. The van der Waals surface area contributed by atoms with Crippen LogP contribution in [0.25, 0.3) is 0 Å². The Morgan fingerprint density at radius 1 is 1.25 bits per heavy atom. The molecule has 0 radical (unpaired) electrons. The number of hydrogen-bond donors (Lipinski definition) is 3. The third kappa shape index (κ3) is 1.88. The first kappa shape index (κ1) is 10.6. The molecule has 1 unspecified atom stereocenters. The standard InChI is InChI=1S/C6H11IO5/c1-2-5(12-7)3(8)4(9)6(10)11-2/h2-6,8-10H,1H3/t2-,3-,4+,5-,6?/m0/s1. The summed E-state index contributed by atoms with van der Waals surface area (Å²) in [5.41, 5.74) is 0. The second-order valence-electron chi connectivity index (χ2n) is 2.77. The van der Waals surface area contributed by atoms with Crippen LogP contribution < -0.4 is 0 Å². The molecule has 3 N–H and O–H groups in total. The maximum absolute atomic E-state index is 9.36. The second-order valence-corrected chi connectivity index (χ2v) is 3.28. The van der Waals surface area contributed by atoms with Crippen LogP contribution in [0.4, 0.5) is 0 Å². The third-order valence-electron chi connectivity index (χ3n) is 1.90. The fourth-order valence-corrected chi connectivity index (χ4v) is 1.86. The van der Waals surface area contributed by atoms with Gasteiger partial charge in [0, 0.05) is 0 Å². The molecule has 1 saturated heterocycles. The van der Waals surface area contributed by atoms with Gasteiger partial charge in [-0.1, -0.05) is 0 Å². The van der Waals surface area contributed by atoms with E-state index in [-0.39, 0.29) is 0 Å². The first-order valence-corrected chi connectivity index (χ1v) is 4.43. The predicted molar refractivity (Wildman–Crippen MR) is 47.5 cm³/mol. The normalized spacial score (nSPS) is 49.2. The number of aliphatic hydroxyl groups is 3. The van der Waals surface area contributed by atoms with Gasteiger partial charge in [-0.3, -0.25) is 0 Å². The molecule has 12 heavy (non-hydrogen) atoms. The highest BCUT2D eigenvalue weighted by Crippen LogP contribution is 2.23. The van der Waals surface area contributed by atoms with Gasteiger partial charge in [-0.05, 0) is 6.92 Å². The lowest BCUT2D eigenvalue weighted by Gasteiger charge is -2.37. The molecule has 0 amide bonds. The zero-order valence-corrected chi connectivity index (χ0v) is 8.58. The Labute approximate surface area is 84.0 Å². The Bertz CT molecular complexity index is 155. The van der Waals surface area contributed by atoms with Crippen molar-refractivity contribution < 1.29 is 23.1 Å². The van der Waals surface area contributed by atoms with Crippen LogP contribution in [0.1, 0.15) is 6.92 Å². The number of rotatable bonds is 1. The number of ether oxygens (including phenoxy) is 1. The molecule has 1 fully saturated rings. The van der Waals surface area contributed by atoms with Gasteiger partial charge in [-0.2, -0.15) is 0 Å². The van der Waals surface area contributed by atoms with E-state index in [1.807, 2.05) is 0 Å². The van der Waals surface area contributed by atoms with Crippen LogP contribution in [-0.2, 0) is 7.80 Å². The number of halogens is 1. The van der Waals surface area contributed by atoms with Gasteiger partial charge in [-0.15, -0.1) is 0 Å². The molecule has 1 heterocycles. The fraction of sp³-hybridized carbons (Fsp3) is 1.00. The molecule has 0 saturated carbocycles. The lowest BCUT2D eigenvalue weighted by Crippen LogP contribution is -2.56. The summed E-state index contributed by atoms with van der Waals surface area (Å²) in [6.07, 6.45) is -4.79. The largest absolute Gasteiger partial charge is 0.387 e. The van der Waals surface area contributed by atoms with Crippen molar-refractivity contribution in [3.8, 4) is 0 Å². The molecular weight excluding hydrogens is 279 g/mol. The summed E-state index contributed by atoms with van der Waals surface area (Å²) in [7, 11) is 0. The zero-order chi connectivity index (χ0) is 9.30. The summed E-state index contributed by atoms with van der Waals surface area (Å²) in [4.78, 5) is 0. The first-order chi connectivity index (χ1) is 5.57. The van der Waals surface area contributed by atoms with E-state index >= 15 is 0 Å². The van der Waals surface area contributed by atoms with E-state index in [4.69, 9.17) is 18.0 Å². The van der Waals surface area contributed by atoms with E-state index in [0.29, 0.717) is 0 Å². The van der Waals surface area contributed by atoms with Crippen LogP contribution >= 0.6 is 23.0 Å². The van der Waals surface area contributed by atoms with Crippen molar-refractivity contribution in [3.63, 3.8) is 0 Å². The SMILES string of the molecule is C[C@@H]1OC(O)[C@H](O)[C@H](O)[C@H]1OI. The maximum Gasteiger partial charge on any atom is 0.183 e. The minimum absolute atomic E-state index is 0.435. The average molecular weight is 290 g/mol. The lowest BCUT2D eigenvalue weighted by molar-refractivity contribution is -0.268. The van der Waals surface area contributed by atoms with Crippen molar-refractivity contribution in [2.45, 2.75) is 37.6 Å². The van der Waals surface area contributed by atoms with Crippen molar-refractivity contribution in [1.82, 2.24) is 0 Å². The maximum atomic E-state index is 9.36. The molecule has 1 aliphatic rings. The quantitative estimate of drug-likeness (QED) is 0.550. The van der Waals surface area contributed by atoms with Crippen molar-refractivity contribution in [2.75, 3.05) is 0 Å². The van der Waals surface area contributed by atoms with E-state index in [2.05, 4.69) is 0 Å². The third-order valence-corrected chi connectivity index (χ3v) is 2.49. The smallest absolute Gasteiger partial charge is 0.183 e. The summed E-state index contributed by atoms with van der Waals surface area (Å²) in [5.74, 6) is 0. The molecule has 0 aromatic carbocycles. The summed E-state index contributed by atoms with van der Waals surface area (Å²) in [6.45, 7) is 1.65. The van der Waals surface area contributed by atoms with Crippen LogP contribution in [0.3, 0.4) is 0 Å². The molecular formula is C6H11IO5. The Kier molecular flexibility index (Phi) is 3.68.